The van der Waals surface area contributed by atoms with Crippen molar-refractivity contribution < 1.29 is 9.21 Å². The average Bonchev–Trinajstić information content (AvgIpc) is 3.00. The minimum atomic E-state index is -0.362. The SMILES string of the molecule is O=C(Nc1cccc(Cl)c1)c1ccc(-c2ccc(Cl)c(Cl)c2)o1. The normalized spacial score (nSPS) is 10.6. The van der Waals surface area contributed by atoms with E-state index in [0.29, 0.717) is 26.5 Å². The third-order valence-corrected chi connectivity index (χ3v) is 4.09. The number of hydrogen-bond acceptors (Lipinski definition) is 2. The zero-order chi connectivity index (χ0) is 16.4. The third kappa shape index (κ3) is 3.70. The van der Waals surface area contributed by atoms with E-state index in [1.807, 2.05) is 0 Å². The molecule has 0 unspecified atom stereocenters. The van der Waals surface area contributed by atoms with Crippen molar-refractivity contribution in [1.29, 1.82) is 0 Å². The molecule has 1 heterocycles. The van der Waals surface area contributed by atoms with Gasteiger partial charge >= 0.3 is 0 Å². The largest absolute Gasteiger partial charge is 0.451 e. The molecule has 0 aliphatic rings. The van der Waals surface area contributed by atoms with Gasteiger partial charge < -0.3 is 9.73 Å². The second kappa shape index (κ2) is 6.67. The maximum absolute atomic E-state index is 12.2. The Morgan fingerprint density at radius 1 is 0.913 bits per heavy atom. The summed E-state index contributed by atoms with van der Waals surface area (Å²) in [6.07, 6.45) is 0. The summed E-state index contributed by atoms with van der Waals surface area (Å²) in [4.78, 5) is 12.2. The van der Waals surface area contributed by atoms with Crippen LogP contribution in [0.25, 0.3) is 11.3 Å². The summed E-state index contributed by atoms with van der Waals surface area (Å²) in [6, 6.07) is 15.3. The molecule has 3 aromatic rings. The standard InChI is InChI=1S/C17H10Cl3NO2/c18-11-2-1-3-12(9-11)21-17(22)16-7-6-15(23-16)10-4-5-13(19)14(20)8-10/h1-9H,(H,21,22). The molecule has 0 aliphatic heterocycles. The first-order chi connectivity index (χ1) is 11.0. The van der Waals surface area contributed by atoms with E-state index >= 15 is 0 Å². The van der Waals surface area contributed by atoms with E-state index < -0.39 is 0 Å². The number of carbonyl (C=O) groups excluding carboxylic acids is 1. The van der Waals surface area contributed by atoms with Crippen molar-refractivity contribution in [1.82, 2.24) is 0 Å². The summed E-state index contributed by atoms with van der Waals surface area (Å²) in [5.74, 6) is 0.351. The molecule has 0 spiro atoms. The molecule has 0 saturated heterocycles. The summed E-state index contributed by atoms with van der Waals surface area (Å²) in [7, 11) is 0. The molecular formula is C17H10Cl3NO2. The molecule has 1 amide bonds. The quantitative estimate of drug-likeness (QED) is 0.603. The first-order valence-electron chi connectivity index (χ1n) is 6.65. The summed E-state index contributed by atoms with van der Waals surface area (Å²) < 4.78 is 5.58. The van der Waals surface area contributed by atoms with Gasteiger partial charge in [0.15, 0.2) is 5.76 Å². The van der Waals surface area contributed by atoms with Crippen LogP contribution >= 0.6 is 34.8 Å². The van der Waals surface area contributed by atoms with Gasteiger partial charge in [0.25, 0.3) is 5.91 Å². The van der Waals surface area contributed by atoms with Gasteiger partial charge in [0.1, 0.15) is 5.76 Å². The van der Waals surface area contributed by atoms with Crippen LogP contribution in [0.5, 0.6) is 0 Å². The molecule has 0 bridgehead atoms. The van der Waals surface area contributed by atoms with Crippen LogP contribution in [0.1, 0.15) is 10.6 Å². The smallest absolute Gasteiger partial charge is 0.291 e. The molecule has 23 heavy (non-hydrogen) atoms. The molecule has 6 heteroatoms. The van der Waals surface area contributed by atoms with Gasteiger partial charge in [-0.15, -0.1) is 0 Å². The summed E-state index contributed by atoms with van der Waals surface area (Å²) >= 11 is 17.8. The van der Waals surface area contributed by atoms with Crippen molar-refractivity contribution in [3.05, 3.63) is 75.4 Å². The molecule has 0 saturated carbocycles. The Bertz CT molecular complexity index is 874. The van der Waals surface area contributed by atoms with E-state index in [1.54, 1.807) is 54.6 Å². The highest BCUT2D eigenvalue weighted by molar-refractivity contribution is 6.42. The van der Waals surface area contributed by atoms with Gasteiger partial charge in [-0.05, 0) is 48.5 Å². The van der Waals surface area contributed by atoms with Gasteiger partial charge in [-0.25, -0.2) is 0 Å². The monoisotopic (exact) mass is 365 g/mol. The minimum absolute atomic E-state index is 0.186. The van der Waals surface area contributed by atoms with E-state index in [2.05, 4.69) is 5.32 Å². The zero-order valence-electron chi connectivity index (χ0n) is 11.6. The average molecular weight is 367 g/mol. The van der Waals surface area contributed by atoms with Gasteiger partial charge in [0, 0.05) is 16.3 Å². The number of furan rings is 1. The lowest BCUT2D eigenvalue weighted by Crippen LogP contribution is -2.10. The molecule has 3 nitrogen and oxygen atoms in total. The molecular weight excluding hydrogens is 357 g/mol. The fourth-order valence-electron chi connectivity index (χ4n) is 2.02. The second-order valence-electron chi connectivity index (χ2n) is 4.76. The van der Waals surface area contributed by atoms with E-state index in [-0.39, 0.29) is 11.7 Å². The van der Waals surface area contributed by atoms with Crippen molar-refractivity contribution in [2.75, 3.05) is 5.32 Å². The molecule has 2 aromatic carbocycles. The minimum Gasteiger partial charge on any atom is -0.451 e. The lowest BCUT2D eigenvalue weighted by atomic mass is 10.2. The highest BCUT2D eigenvalue weighted by atomic mass is 35.5. The molecule has 0 aliphatic carbocycles. The van der Waals surface area contributed by atoms with Crippen LogP contribution in [-0.4, -0.2) is 5.91 Å². The van der Waals surface area contributed by atoms with Crippen LogP contribution in [0.3, 0.4) is 0 Å². The molecule has 3 rings (SSSR count). The number of amides is 1. The fourth-order valence-corrected chi connectivity index (χ4v) is 2.51. The number of benzene rings is 2. The first-order valence-corrected chi connectivity index (χ1v) is 7.78. The van der Waals surface area contributed by atoms with Crippen molar-refractivity contribution in [2.24, 2.45) is 0 Å². The number of hydrogen-bond donors (Lipinski definition) is 1. The Morgan fingerprint density at radius 3 is 2.48 bits per heavy atom. The van der Waals surface area contributed by atoms with Crippen molar-refractivity contribution >= 4 is 46.4 Å². The predicted octanol–water partition coefficient (Wildman–Crippen LogP) is 6.16. The summed E-state index contributed by atoms with van der Waals surface area (Å²) in [5.41, 5.74) is 1.33. The van der Waals surface area contributed by atoms with Crippen LogP contribution in [0, 0.1) is 0 Å². The van der Waals surface area contributed by atoms with Crippen LogP contribution in [0.2, 0.25) is 15.1 Å². The zero-order valence-corrected chi connectivity index (χ0v) is 13.9. The van der Waals surface area contributed by atoms with Crippen molar-refractivity contribution in [3.63, 3.8) is 0 Å². The number of anilines is 1. The molecule has 1 N–H and O–H groups in total. The fraction of sp³-hybridized carbons (Fsp3) is 0. The topological polar surface area (TPSA) is 42.2 Å². The van der Waals surface area contributed by atoms with Gasteiger partial charge in [0.05, 0.1) is 10.0 Å². The van der Waals surface area contributed by atoms with E-state index in [0.717, 1.165) is 5.56 Å². The Kier molecular flexibility index (Phi) is 4.62. The van der Waals surface area contributed by atoms with Gasteiger partial charge in [-0.1, -0.05) is 40.9 Å². The van der Waals surface area contributed by atoms with Crippen molar-refractivity contribution in [3.8, 4) is 11.3 Å². The van der Waals surface area contributed by atoms with Crippen LogP contribution < -0.4 is 5.32 Å². The number of halogens is 3. The van der Waals surface area contributed by atoms with E-state index in [9.17, 15) is 4.79 Å². The number of rotatable bonds is 3. The lowest BCUT2D eigenvalue weighted by molar-refractivity contribution is 0.0997. The Balaban J connectivity index is 1.81. The highest BCUT2D eigenvalue weighted by Gasteiger charge is 2.13. The summed E-state index contributed by atoms with van der Waals surface area (Å²) in [6.45, 7) is 0. The molecule has 0 fully saturated rings. The van der Waals surface area contributed by atoms with Crippen LogP contribution in [0.15, 0.2) is 59.0 Å². The molecule has 0 atom stereocenters. The Morgan fingerprint density at radius 2 is 1.74 bits per heavy atom. The lowest BCUT2D eigenvalue weighted by Gasteiger charge is -2.03. The van der Waals surface area contributed by atoms with Gasteiger partial charge in [0.2, 0.25) is 0 Å². The molecule has 0 radical (unpaired) electrons. The first kappa shape index (κ1) is 15.9. The van der Waals surface area contributed by atoms with Crippen LogP contribution in [0.4, 0.5) is 5.69 Å². The third-order valence-electron chi connectivity index (χ3n) is 3.12. The van der Waals surface area contributed by atoms with Crippen molar-refractivity contribution in [2.45, 2.75) is 0 Å². The predicted molar refractivity (Wildman–Crippen MR) is 93.6 cm³/mol. The molecule has 116 valence electrons. The number of carbonyl (C=O) groups is 1. The van der Waals surface area contributed by atoms with Gasteiger partial charge in [-0.2, -0.15) is 0 Å². The molecule has 1 aromatic heterocycles. The Hall–Kier alpha value is -1.94. The Labute approximate surface area is 147 Å². The van der Waals surface area contributed by atoms with Crippen LogP contribution in [-0.2, 0) is 0 Å². The van der Waals surface area contributed by atoms with Gasteiger partial charge in [-0.3, -0.25) is 4.79 Å². The second-order valence-corrected chi connectivity index (χ2v) is 6.01. The summed E-state index contributed by atoms with van der Waals surface area (Å²) in [5, 5.41) is 4.14. The maximum Gasteiger partial charge on any atom is 0.291 e. The highest BCUT2D eigenvalue weighted by Crippen LogP contribution is 2.29. The van der Waals surface area contributed by atoms with E-state index in [4.69, 9.17) is 39.2 Å². The van der Waals surface area contributed by atoms with E-state index in [1.165, 1.54) is 0 Å². The number of nitrogens with one attached hydrogen (secondary N) is 1. The maximum atomic E-state index is 12.2.